The molecule has 19 heavy (non-hydrogen) atoms. The molecule has 2 fully saturated rings. The molecule has 2 aliphatic rings. The molecule has 0 aromatic carbocycles. The highest BCUT2D eigenvalue weighted by Crippen LogP contribution is 2.26. The summed E-state index contributed by atoms with van der Waals surface area (Å²) in [6.07, 6.45) is 6.46. The van der Waals surface area contributed by atoms with E-state index in [0.29, 0.717) is 19.0 Å². The number of hydrogen-bond donors (Lipinski definition) is 0. The van der Waals surface area contributed by atoms with Gasteiger partial charge in [0.15, 0.2) is 0 Å². The van der Waals surface area contributed by atoms with Gasteiger partial charge >= 0.3 is 0 Å². The second kappa shape index (κ2) is 6.40. The lowest BCUT2D eigenvalue weighted by Gasteiger charge is -2.35. The number of likely N-dealkylation sites (tertiary alicyclic amines) is 1. The number of hydrogen-bond acceptors (Lipinski definition) is 2. The molecule has 0 aromatic heterocycles. The van der Waals surface area contributed by atoms with Gasteiger partial charge in [-0.25, -0.2) is 0 Å². The molecular formula is C15H26N2O2. The molecule has 108 valence electrons. The molecule has 1 aliphatic heterocycles. The van der Waals surface area contributed by atoms with E-state index in [1.165, 1.54) is 19.3 Å². The van der Waals surface area contributed by atoms with Gasteiger partial charge < -0.3 is 9.80 Å². The zero-order chi connectivity index (χ0) is 13.8. The molecular weight excluding hydrogens is 240 g/mol. The van der Waals surface area contributed by atoms with Crippen LogP contribution in [0, 0.1) is 5.92 Å². The van der Waals surface area contributed by atoms with E-state index < -0.39 is 0 Å². The van der Waals surface area contributed by atoms with Crippen LogP contribution in [-0.4, -0.2) is 47.3 Å². The van der Waals surface area contributed by atoms with Gasteiger partial charge in [0.05, 0.1) is 5.92 Å². The van der Waals surface area contributed by atoms with E-state index in [-0.39, 0.29) is 17.7 Å². The maximum atomic E-state index is 12.6. The Kier molecular flexibility index (Phi) is 4.83. The van der Waals surface area contributed by atoms with Gasteiger partial charge in [0.1, 0.15) is 0 Å². The molecule has 0 spiro atoms. The first kappa shape index (κ1) is 14.4. The van der Waals surface area contributed by atoms with Crippen molar-refractivity contribution in [2.45, 2.75) is 58.4 Å². The summed E-state index contributed by atoms with van der Waals surface area (Å²) in [5.41, 5.74) is 0. The quantitative estimate of drug-likeness (QED) is 0.781. The van der Waals surface area contributed by atoms with Gasteiger partial charge in [0.2, 0.25) is 11.8 Å². The van der Waals surface area contributed by atoms with Crippen molar-refractivity contribution in [3.05, 3.63) is 0 Å². The third kappa shape index (κ3) is 3.10. The molecule has 1 atom stereocenters. The smallest absolute Gasteiger partial charge is 0.228 e. The second-order valence-electron chi connectivity index (χ2n) is 5.75. The summed E-state index contributed by atoms with van der Waals surface area (Å²) in [6.45, 7) is 6.15. The predicted molar refractivity (Wildman–Crippen MR) is 74.6 cm³/mol. The predicted octanol–water partition coefficient (Wildman–Crippen LogP) is 2.04. The van der Waals surface area contributed by atoms with Crippen molar-refractivity contribution < 1.29 is 9.59 Å². The van der Waals surface area contributed by atoms with Crippen molar-refractivity contribution in [3.8, 4) is 0 Å². The highest BCUT2D eigenvalue weighted by Gasteiger charge is 2.37. The lowest BCUT2D eigenvalue weighted by molar-refractivity contribution is -0.138. The molecule has 4 nitrogen and oxygen atoms in total. The number of carbonyl (C=O) groups excluding carboxylic acids is 2. The Morgan fingerprint density at radius 2 is 1.95 bits per heavy atom. The normalized spacial score (nSPS) is 24.8. The minimum atomic E-state index is -0.102. The van der Waals surface area contributed by atoms with E-state index >= 15 is 0 Å². The zero-order valence-corrected chi connectivity index (χ0v) is 12.2. The summed E-state index contributed by atoms with van der Waals surface area (Å²) < 4.78 is 0. The monoisotopic (exact) mass is 266 g/mol. The fraction of sp³-hybridized carbons (Fsp3) is 0.867. The fourth-order valence-electron chi connectivity index (χ4n) is 3.46. The summed E-state index contributed by atoms with van der Waals surface area (Å²) in [4.78, 5) is 28.2. The lowest BCUT2D eigenvalue weighted by atomic mass is 9.93. The molecule has 1 saturated carbocycles. The molecule has 4 heteroatoms. The number of rotatable bonds is 4. The van der Waals surface area contributed by atoms with Gasteiger partial charge in [-0.3, -0.25) is 9.59 Å². The first-order chi connectivity index (χ1) is 9.17. The Hall–Kier alpha value is -1.06. The highest BCUT2D eigenvalue weighted by atomic mass is 16.2. The SMILES string of the molecule is CCN1CC(C(=O)N(CC)C2CCCCC2)CC1=O. The molecule has 0 radical (unpaired) electrons. The molecule has 0 aromatic rings. The van der Waals surface area contributed by atoms with Crippen molar-refractivity contribution in [1.29, 1.82) is 0 Å². The highest BCUT2D eigenvalue weighted by molar-refractivity contribution is 5.89. The van der Waals surface area contributed by atoms with Crippen LogP contribution in [0.15, 0.2) is 0 Å². The Bertz CT molecular complexity index is 337. The zero-order valence-electron chi connectivity index (χ0n) is 12.2. The van der Waals surface area contributed by atoms with E-state index in [4.69, 9.17) is 0 Å². The van der Waals surface area contributed by atoms with Gasteiger partial charge in [-0.1, -0.05) is 19.3 Å². The summed E-state index contributed by atoms with van der Waals surface area (Å²) in [6, 6.07) is 0.414. The first-order valence-electron chi connectivity index (χ1n) is 7.75. The maximum absolute atomic E-state index is 12.6. The van der Waals surface area contributed by atoms with Crippen LogP contribution in [0.3, 0.4) is 0 Å². The standard InChI is InChI=1S/C15H26N2O2/c1-3-16-11-12(10-14(16)18)15(19)17(4-2)13-8-6-5-7-9-13/h12-13H,3-11H2,1-2H3. The van der Waals surface area contributed by atoms with E-state index in [0.717, 1.165) is 25.9 Å². The lowest BCUT2D eigenvalue weighted by Crippen LogP contribution is -2.45. The largest absolute Gasteiger partial charge is 0.342 e. The van der Waals surface area contributed by atoms with Crippen LogP contribution in [0.4, 0.5) is 0 Å². The van der Waals surface area contributed by atoms with Crippen LogP contribution in [0.2, 0.25) is 0 Å². The van der Waals surface area contributed by atoms with Crippen molar-refractivity contribution in [1.82, 2.24) is 9.80 Å². The number of amides is 2. The van der Waals surface area contributed by atoms with Crippen molar-refractivity contribution in [2.24, 2.45) is 5.92 Å². The van der Waals surface area contributed by atoms with Crippen LogP contribution in [0.5, 0.6) is 0 Å². The minimum Gasteiger partial charge on any atom is -0.342 e. The Balaban J connectivity index is 1.98. The summed E-state index contributed by atoms with van der Waals surface area (Å²) >= 11 is 0. The Morgan fingerprint density at radius 1 is 1.26 bits per heavy atom. The molecule has 2 amide bonds. The average molecular weight is 266 g/mol. The van der Waals surface area contributed by atoms with Gasteiger partial charge in [-0.15, -0.1) is 0 Å². The Labute approximate surface area is 116 Å². The van der Waals surface area contributed by atoms with Crippen LogP contribution in [-0.2, 0) is 9.59 Å². The minimum absolute atomic E-state index is 0.102. The molecule has 2 rings (SSSR count). The third-order valence-electron chi connectivity index (χ3n) is 4.58. The van der Waals surface area contributed by atoms with Crippen LogP contribution < -0.4 is 0 Å². The van der Waals surface area contributed by atoms with Crippen LogP contribution in [0.1, 0.15) is 52.4 Å². The van der Waals surface area contributed by atoms with Gasteiger partial charge in [0.25, 0.3) is 0 Å². The Morgan fingerprint density at radius 3 is 2.47 bits per heavy atom. The molecule has 1 heterocycles. The van der Waals surface area contributed by atoms with Gasteiger partial charge in [-0.05, 0) is 26.7 Å². The maximum Gasteiger partial charge on any atom is 0.228 e. The average Bonchev–Trinajstić information content (AvgIpc) is 2.82. The number of nitrogens with zero attached hydrogens (tertiary/aromatic N) is 2. The van der Waals surface area contributed by atoms with Crippen LogP contribution in [0.25, 0.3) is 0 Å². The van der Waals surface area contributed by atoms with Crippen molar-refractivity contribution >= 4 is 11.8 Å². The molecule has 1 aliphatic carbocycles. The van der Waals surface area contributed by atoms with Gasteiger partial charge in [-0.2, -0.15) is 0 Å². The fourth-order valence-corrected chi connectivity index (χ4v) is 3.46. The number of carbonyl (C=O) groups is 2. The molecule has 0 N–H and O–H groups in total. The topological polar surface area (TPSA) is 40.6 Å². The van der Waals surface area contributed by atoms with E-state index in [1.807, 2.05) is 11.8 Å². The third-order valence-corrected chi connectivity index (χ3v) is 4.58. The van der Waals surface area contributed by atoms with Crippen molar-refractivity contribution in [3.63, 3.8) is 0 Å². The first-order valence-corrected chi connectivity index (χ1v) is 7.75. The van der Waals surface area contributed by atoms with E-state index in [9.17, 15) is 9.59 Å². The molecule has 1 saturated heterocycles. The van der Waals surface area contributed by atoms with E-state index in [1.54, 1.807) is 4.90 Å². The van der Waals surface area contributed by atoms with Crippen LogP contribution >= 0.6 is 0 Å². The summed E-state index contributed by atoms with van der Waals surface area (Å²) in [7, 11) is 0. The van der Waals surface area contributed by atoms with Crippen molar-refractivity contribution in [2.75, 3.05) is 19.6 Å². The summed E-state index contributed by atoms with van der Waals surface area (Å²) in [5.74, 6) is 0.244. The van der Waals surface area contributed by atoms with E-state index in [2.05, 4.69) is 6.92 Å². The molecule has 1 unspecified atom stereocenters. The molecule has 0 bridgehead atoms. The second-order valence-corrected chi connectivity index (χ2v) is 5.75. The summed E-state index contributed by atoms with van der Waals surface area (Å²) in [5, 5.41) is 0. The van der Waals surface area contributed by atoms with Gasteiger partial charge in [0, 0.05) is 32.1 Å².